The van der Waals surface area contributed by atoms with Crippen LogP contribution in [-0.4, -0.2) is 48.4 Å². The minimum Gasteiger partial charge on any atom is -0.357 e. The number of nitrogens with zero attached hydrogens (tertiary/aromatic N) is 9. The molecule has 1 radical (unpaired) electrons. The number of fused-ring (bicyclic) bond motifs is 20. The summed E-state index contributed by atoms with van der Waals surface area (Å²) >= 11 is 0. The molecule has 35 aromatic rings. The number of likely N-dealkylation sites (N-methyl/N-ethyl adjacent to an activating group) is 1. The zero-order chi connectivity index (χ0) is 73.5. The van der Waals surface area contributed by atoms with Crippen LogP contribution < -0.4 is 9.97 Å². The summed E-state index contributed by atoms with van der Waals surface area (Å²) in [5.74, 6) is 2.32. The Bertz CT molecular complexity index is 11100. The number of likely N-dealkylation sites (tertiary alicyclic amines) is 1. The number of rotatable bonds is 1. The first-order valence-electron chi connectivity index (χ1n) is 42.2. The van der Waals surface area contributed by atoms with Crippen molar-refractivity contribution >= 4 is 335 Å². The SMILES string of the molecule is CN1CC23c4c5c6c7c8c9c(c%10c%11c2c2c%12c4c4c%13c5c5c7c7c8c8c%14c9c%10c9c%10c%11c2c2c%11c%12c4c4c%12c%13c5c5c7c7c8c8c%14c9c9c%10c2c2c%11c4c4c%12c5c7c5c8c9c2c45)C63C1c1ccc2c(c1)-c1nc-2nc2[n-]c(nc3nc(nc4[n-]c(n1)c1cccc(C(C)(C)C)c41)-c1cc(C(C)(C)C)ccc1-3)c1c(C(C)(C)C)cccc21.[Cu+2]. The van der Waals surface area contributed by atoms with E-state index in [1.807, 2.05) is 0 Å². The van der Waals surface area contributed by atoms with Gasteiger partial charge in [-0.25, -0.2) is 9.97 Å². The van der Waals surface area contributed by atoms with Gasteiger partial charge in [-0.3, -0.25) is 4.90 Å². The van der Waals surface area contributed by atoms with Gasteiger partial charge in [-0.1, -0.05) is 123 Å². The molecule has 3 aromatic heterocycles. The predicted octanol–water partition coefficient (Wildman–Crippen LogP) is 26.3. The van der Waals surface area contributed by atoms with E-state index in [1.54, 1.807) is 313 Å². The van der Waals surface area contributed by atoms with E-state index in [-0.39, 0.29) is 39.4 Å². The fourth-order valence-corrected chi connectivity index (χ4v) is 33.2. The number of hydrogen-bond donors (Lipinski definition) is 0. The van der Waals surface area contributed by atoms with Crippen molar-refractivity contribution in [3.63, 3.8) is 0 Å². The van der Waals surface area contributed by atoms with Crippen molar-refractivity contribution in [3.05, 3.63) is 117 Å². The van der Waals surface area contributed by atoms with Crippen molar-refractivity contribution in [1.82, 2.24) is 44.8 Å². The van der Waals surface area contributed by atoms with Crippen LogP contribution in [0.25, 0.3) is 381 Å². The Morgan fingerprint density at radius 3 is 0.932 bits per heavy atom. The molecule has 2 spiro atoms. The zero-order valence-electron chi connectivity index (χ0n) is 64.0. The molecule has 0 N–H and O–H groups in total. The second-order valence-corrected chi connectivity index (χ2v) is 42.0. The Labute approximate surface area is 663 Å². The summed E-state index contributed by atoms with van der Waals surface area (Å²) in [6, 6.07) is 27.3. The maximum Gasteiger partial charge on any atom is 2.00 e. The monoisotopic (exact) mass is 1520 g/mol. The molecule has 0 amide bonds. The molecule has 42 rings (SSSR count). The summed E-state index contributed by atoms with van der Waals surface area (Å²) < 4.78 is 0. The minimum absolute atomic E-state index is 0. The van der Waals surface area contributed by atoms with Gasteiger partial charge >= 0.3 is 17.1 Å². The first-order chi connectivity index (χ1) is 56.5. The summed E-state index contributed by atoms with van der Waals surface area (Å²) in [6.45, 7) is 21.4. The smallest absolute Gasteiger partial charge is 0.357 e. The van der Waals surface area contributed by atoms with Crippen LogP contribution in [0.4, 0.5) is 0 Å². The van der Waals surface area contributed by atoms with E-state index in [4.69, 9.17) is 39.9 Å². The van der Waals surface area contributed by atoms with E-state index in [0.717, 1.165) is 61.5 Å². The van der Waals surface area contributed by atoms with Crippen molar-refractivity contribution in [1.29, 1.82) is 0 Å². The largest absolute Gasteiger partial charge is 2.00 e. The van der Waals surface area contributed by atoms with Crippen LogP contribution in [-0.2, 0) is 44.1 Å². The molecule has 9 nitrogen and oxygen atoms in total. The van der Waals surface area contributed by atoms with Crippen LogP contribution in [0, 0.1) is 0 Å². The van der Waals surface area contributed by atoms with E-state index in [1.165, 1.54) is 11.1 Å². The van der Waals surface area contributed by atoms with Gasteiger partial charge in [0.2, 0.25) is 0 Å². The number of aromatic nitrogens is 8. The minimum atomic E-state index is -0.587. The second kappa shape index (κ2) is 13.9. The van der Waals surface area contributed by atoms with E-state index in [0.29, 0.717) is 45.9 Å². The third kappa shape index (κ3) is 3.98. The second-order valence-electron chi connectivity index (χ2n) is 42.0. The molecule has 10 heteroatoms. The van der Waals surface area contributed by atoms with Gasteiger partial charge in [0.05, 0.1) is 34.1 Å². The standard InChI is InChI=1S/C107H45N9.Cu/c1-103(2,3)25-18-20-27-31(22-25)100-110-96(27)112-101-34-28(13-11-15-32(34)104(4,5)6)97(113-101)108-95-26-19-17-24(21-30(26)99(109-95)111-98-29-14-12-16-33(105(7,8)9)35(29)102(114-98)115-100)94-107-92-85-77-65-57-48-39-37-36-38-42(39)51-58-56-47(38)49-45-40(36)43-44-41(37)46-50(48)63(65)71-69-55(46)53(44)61-60-52(43)54(45)68-70-62(49)64(56)76-78-66(58)67(59(51)57)79(77)88(92)87(78)90-83(76)81(70)84-74(68)72(60)80-73(61)75(69)86(82(71)85)93(107)89(80)91(84)106(90,107)23-116(94)10;/h11-22,94H,23H2,1-10H3;/q-2;+2. The molecule has 6 heterocycles. The maximum absolute atomic E-state index is 5.95. The van der Waals surface area contributed by atoms with E-state index in [9.17, 15) is 0 Å². The van der Waals surface area contributed by atoms with E-state index < -0.39 is 10.8 Å². The molecule has 0 saturated carbocycles. The average Bonchev–Trinajstić information content (AvgIpc) is 1.38. The summed E-state index contributed by atoms with van der Waals surface area (Å²) in [5, 5.41) is 91.0. The molecule has 1 saturated heterocycles. The molecule has 7 aliphatic rings. The topological polar surface area (TPSA) is 109 Å². The third-order valence-corrected chi connectivity index (χ3v) is 35.5. The van der Waals surface area contributed by atoms with E-state index in [2.05, 4.69) is 147 Å². The van der Waals surface area contributed by atoms with Gasteiger partial charge in [0.1, 0.15) is 0 Å². The van der Waals surface area contributed by atoms with Crippen molar-refractivity contribution in [3.8, 4) is 45.6 Å². The van der Waals surface area contributed by atoms with Gasteiger partial charge in [0.25, 0.3) is 0 Å². The first kappa shape index (κ1) is 54.1. The quantitative estimate of drug-likeness (QED) is 0.117. The molecular formula is C107H45CuN9. The summed E-state index contributed by atoms with van der Waals surface area (Å²) in [6.07, 6.45) is 0. The molecule has 8 bridgehead atoms. The normalized spacial score (nSPS) is 19.7. The molecule has 3 atom stereocenters. The number of hydrogen-bond acceptors (Lipinski definition) is 7. The van der Waals surface area contributed by atoms with Crippen LogP contribution >= 0.6 is 0 Å². The Morgan fingerprint density at radius 1 is 0.282 bits per heavy atom. The van der Waals surface area contributed by atoms with Crippen LogP contribution in [0.2, 0.25) is 0 Å². The predicted molar refractivity (Wildman–Crippen MR) is 479 cm³/mol. The van der Waals surface area contributed by atoms with Gasteiger partial charge in [0.15, 0.2) is 0 Å². The molecular weight excluding hydrogens is 1470 g/mol. The summed E-state index contributed by atoms with van der Waals surface area (Å²) in [4.78, 5) is 48.6. The van der Waals surface area contributed by atoms with Crippen molar-refractivity contribution < 1.29 is 17.1 Å². The summed E-state index contributed by atoms with van der Waals surface area (Å²) in [5.41, 5.74) is 15.8. The van der Waals surface area contributed by atoms with Crippen LogP contribution in [0.5, 0.6) is 0 Å². The molecule has 3 unspecified atom stereocenters. The van der Waals surface area contributed by atoms with Crippen molar-refractivity contribution in [2.45, 2.75) is 95.4 Å². The molecule has 529 valence electrons. The molecule has 32 aromatic carbocycles. The van der Waals surface area contributed by atoms with Gasteiger partial charge in [-0.2, -0.15) is 0 Å². The van der Waals surface area contributed by atoms with E-state index >= 15 is 0 Å². The molecule has 4 aliphatic carbocycles. The molecule has 3 aliphatic heterocycles. The third-order valence-electron chi connectivity index (χ3n) is 35.5. The van der Waals surface area contributed by atoms with Gasteiger partial charge < -0.3 is 29.9 Å². The zero-order valence-corrected chi connectivity index (χ0v) is 65.0. The summed E-state index contributed by atoms with van der Waals surface area (Å²) in [7, 11) is 2.57. The fourth-order valence-electron chi connectivity index (χ4n) is 33.2. The van der Waals surface area contributed by atoms with Crippen molar-refractivity contribution in [2.24, 2.45) is 0 Å². The van der Waals surface area contributed by atoms with Crippen molar-refractivity contribution in [2.75, 3.05) is 13.6 Å². The molecule has 117 heavy (non-hydrogen) atoms. The fraction of sp³-hybridized carbons (Fsp3) is 0.159. The maximum atomic E-state index is 5.95. The van der Waals surface area contributed by atoms with Crippen LogP contribution in [0.3, 0.4) is 0 Å². The van der Waals surface area contributed by atoms with Crippen LogP contribution in [0.1, 0.15) is 113 Å². The Morgan fingerprint density at radius 2 is 0.564 bits per heavy atom. The van der Waals surface area contributed by atoms with Gasteiger partial charge in [-0.15, -0.1) is 0 Å². The van der Waals surface area contributed by atoms with Gasteiger partial charge in [-0.05, 0) is 392 Å². The Balaban J connectivity index is 0.00000594. The average molecular weight is 1520 g/mol. The Kier molecular flexibility index (Phi) is 6.44. The Hall–Kier alpha value is -12.8. The van der Waals surface area contributed by atoms with Gasteiger partial charge in [0, 0.05) is 57.4 Å². The number of benzene rings is 21. The first-order valence-corrected chi connectivity index (χ1v) is 42.2. The van der Waals surface area contributed by atoms with Crippen LogP contribution in [0.15, 0.2) is 72.8 Å². The molecule has 1 fully saturated rings.